The summed E-state index contributed by atoms with van der Waals surface area (Å²) in [7, 11) is -3.63. The second-order valence-electron chi connectivity index (χ2n) is 3.60. The van der Waals surface area contributed by atoms with Gasteiger partial charge in [0.15, 0.2) is 0 Å². The minimum Gasteiger partial charge on any atom is -0.387 e. The summed E-state index contributed by atoms with van der Waals surface area (Å²) >= 11 is 0. The lowest BCUT2D eigenvalue weighted by atomic mass is 10.4. The topological polar surface area (TPSA) is 116 Å². The number of nitrogens with zero attached hydrogens (tertiary/aromatic N) is 2. The summed E-state index contributed by atoms with van der Waals surface area (Å²) < 4.78 is 25.3. The van der Waals surface area contributed by atoms with Gasteiger partial charge in [-0.1, -0.05) is 0 Å². The van der Waals surface area contributed by atoms with E-state index in [1.54, 1.807) is 13.8 Å². The van der Waals surface area contributed by atoms with Crippen molar-refractivity contribution in [2.24, 2.45) is 5.73 Å². The van der Waals surface area contributed by atoms with E-state index in [0.29, 0.717) is 0 Å². The van der Waals surface area contributed by atoms with Crippen molar-refractivity contribution in [1.29, 1.82) is 5.41 Å². The number of amidine groups is 1. The van der Waals surface area contributed by atoms with Crippen LogP contribution in [-0.4, -0.2) is 41.3 Å². The minimum absolute atomic E-state index is 0.0717. The third-order valence-corrected chi connectivity index (χ3v) is 3.97. The second kappa shape index (κ2) is 4.62. The molecule has 1 heterocycles. The van der Waals surface area contributed by atoms with Gasteiger partial charge in [0, 0.05) is 12.2 Å². The SMILES string of the molecule is CC(C)N(CC(=N)N)S(=O)(=O)c1cn[nH]c1. The maximum Gasteiger partial charge on any atom is 0.246 e. The number of nitrogens with one attached hydrogen (secondary N) is 2. The number of aromatic nitrogens is 2. The van der Waals surface area contributed by atoms with Crippen molar-refractivity contribution in [3.05, 3.63) is 12.4 Å². The van der Waals surface area contributed by atoms with Crippen LogP contribution in [0.15, 0.2) is 17.3 Å². The lowest BCUT2D eigenvalue weighted by Crippen LogP contribution is -2.42. The standard InChI is InChI=1S/C8H15N5O2S/c1-6(2)13(5-8(9)10)16(14,15)7-3-11-12-4-7/h3-4,6H,5H2,1-2H3,(H3,9,10)(H,11,12). The van der Waals surface area contributed by atoms with Gasteiger partial charge in [-0.15, -0.1) is 0 Å². The van der Waals surface area contributed by atoms with Crippen molar-refractivity contribution in [2.45, 2.75) is 24.8 Å². The van der Waals surface area contributed by atoms with Crippen molar-refractivity contribution < 1.29 is 8.42 Å². The molecule has 0 aromatic carbocycles. The summed E-state index contributed by atoms with van der Waals surface area (Å²) in [6, 6.07) is -0.274. The van der Waals surface area contributed by atoms with Crippen LogP contribution in [0.2, 0.25) is 0 Å². The van der Waals surface area contributed by atoms with Gasteiger partial charge >= 0.3 is 0 Å². The molecule has 0 unspecified atom stereocenters. The number of hydrogen-bond acceptors (Lipinski definition) is 4. The van der Waals surface area contributed by atoms with Gasteiger partial charge in [-0.05, 0) is 13.8 Å². The predicted molar refractivity (Wildman–Crippen MR) is 59.5 cm³/mol. The van der Waals surface area contributed by atoms with E-state index in [0.717, 1.165) is 4.31 Å². The monoisotopic (exact) mass is 245 g/mol. The van der Waals surface area contributed by atoms with Crippen LogP contribution in [0.5, 0.6) is 0 Å². The molecule has 90 valence electrons. The van der Waals surface area contributed by atoms with E-state index in [1.165, 1.54) is 12.4 Å². The maximum absolute atomic E-state index is 12.1. The molecule has 1 rings (SSSR count). The molecule has 0 radical (unpaired) electrons. The number of sulfonamides is 1. The van der Waals surface area contributed by atoms with Crippen molar-refractivity contribution in [3.8, 4) is 0 Å². The fraction of sp³-hybridized carbons (Fsp3) is 0.500. The van der Waals surface area contributed by atoms with E-state index in [9.17, 15) is 8.42 Å². The van der Waals surface area contributed by atoms with Gasteiger partial charge in [0.05, 0.1) is 12.7 Å². The summed E-state index contributed by atoms with van der Waals surface area (Å²) in [5.41, 5.74) is 5.23. The van der Waals surface area contributed by atoms with Crippen LogP contribution < -0.4 is 5.73 Å². The molecule has 0 atom stereocenters. The molecule has 0 bridgehead atoms. The summed E-state index contributed by atoms with van der Waals surface area (Å²) in [6.07, 6.45) is 2.52. The second-order valence-corrected chi connectivity index (χ2v) is 5.49. The highest BCUT2D eigenvalue weighted by Crippen LogP contribution is 2.15. The maximum atomic E-state index is 12.1. The van der Waals surface area contributed by atoms with Gasteiger partial charge in [-0.3, -0.25) is 10.5 Å². The molecule has 0 fully saturated rings. The largest absolute Gasteiger partial charge is 0.387 e. The third kappa shape index (κ3) is 2.58. The van der Waals surface area contributed by atoms with Crippen LogP contribution in [0.3, 0.4) is 0 Å². The Bertz CT molecular complexity index is 451. The lowest BCUT2D eigenvalue weighted by molar-refractivity contribution is 0.389. The van der Waals surface area contributed by atoms with Gasteiger partial charge in [0.2, 0.25) is 10.0 Å². The first-order valence-electron chi connectivity index (χ1n) is 4.69. The molecule has 0 aliphatic carbocycles. The average Bonchev–Trinajstić information content (AvgIpc) is 2.66. The number of H-pyrrole nitrogens is 1. The summed E-state index contributed by atoms with van der Waals surface area (Å²) in [6.45, 7) is 3.33. The minimum atomic E-state index is -3.63. The highest BCUT2D eigenvalue weighted by atomic mass is 32.2. The smallest absolute Gasteiger partial charge is 0.246 e. The van der Waals surface area contributed by atoms with Gasteiger partial charge in [-0.25, -0.2) is 8.42 Å². The molecule has 1 aromatic rings. The van der Waals surface area contributed by atoms with Gasteiger partial charge < -0.3 is 5.73 Å². The predicted octanol–water partition coefficient (Wildman–Crippen LogP) is -0.255. The van der Waals surface area contributed by atoms with Crippen LogP contribution in [-0.2, 0) is 10.0 Å². The highest BCUT2D eigenvalue weighted by Gasteiger charge is 2.28. The first-order valence-corrected chi connectivity index (χ1v) is 6.13. The zero-order valence-corrected chi connectivity index (χ0v) is 9.95. The molecule has 1 aromatic heterocycles. The molecule has 0 saturated heterocycles. The normalized spacial score (nSPS) is 12.2. The van der Waals surface area contributed by atoms with E-state index in [4.69, 9.17) is 11.1 Å². The summed E-state index contributed by atoms with van der Waals surface area (Å²) in [4.78, 5) is 0.0717. The van der Waals surface area contributed by atoms with Crippen molar-refractivity contribution in [3.63, 3.8) is 0 Å². The Kier molecular flexibility index (Phi) is 3.66. The fourth-order valence-electron chi connectivity index (χ4n) is 1.23. The Balaban J connectivity index is 3.08. The average molecular weight is 245 g/mol. The van der Waals surface area contributed by atoms with Gasteiger partial charge in [-0.2, -0.15) is 9.40 Å². The van der Waals surface area contributed by atoms with Crippen LogP contribution in [0.25, 0.3) is 0 Å². The van der Waals surface area contributed by atoms with E-state index in [1.807, 2.05) is 0 Å². The fourth-order valence-corrected chi connectivity index (χ4v) is 2.75. The van der Waals surface area contributed by atoms with E-state index in [-0.39, 0.29) is 23.3 Å². The van der Waals surface area contributed by atoms with E-state index >= 15 is 0 Å². The Morgan fingerprint density at radius 2 is 2.31 bits per heavy atom. The summed E-state index contributed by atoms with van der Waals surface area (Å²) in [5.74, 6) is -0.194. The van der Waals surface area contributed by atoms with Crippen LogP contribution in [0, 0.1) is 5.41 Å². The molecular formula is C8H15N5O2S. The number of rotatable bonds is 5. The molecular weight excluding hydrogens is 230 g/mol. The zero-order valence-electron chi connectivity index (χ0n) is 9.14. The van der Waals surface area contributed by atoms with Crippen LogP contribution in [0.1, 0.15) is 13.8 Å². The van der Waals surface area contributed by atoms with E-state index in [2.05, 4.69) is 10.2 Å². The lowest BCUT2D eigenvalue weighted by Gasteiger charge is -2.24. The molecule has 16 heavy (non-hydrogen) atoms. The molecule has 8 heteroatoms. The Morgan fingerprint density at radius 1 is 1.69 bits per heavy atom. The van der Waals surface area contributed by atoms with Gasteiger partial charge in [0.25, 0.3) is 0 Å². The highest BCUT2D eigenvalue weighted by molar-refractivity contribution is 7.89. The first kappa shape index (κ1) is 12.7. The quantitative estimate of drug-likeness (QED) is 0.489. The molecule has 0 amide bonds. The molecule has 0 aliphatic rings. The number of aromatic amines is 1. The van der Waals surface area contributed by atoms with Crippen molar-refractivity contribution in [2.75, 3.05) is 6.54 Å². The number of nitrogens with two attached hydrogens (primary N) is 1. The third-order valence-electron chi connectivity index (χ3n) is 1.98. The zero-order chi connectivity index (χ0) is 12.3. The van der Waals surface area contributed by atoms with Gasteiger partial charge in [0.1, 0.15) is 10.7 Å². The Hall–Kier alpha value is -1.41. The summed E-state index contributed by atoms with van der Waals surface area (Å²) in [5, 5.41) is 13.2. The Labute approximate surface area is 94.2 Å². The van der Waals surface area contributed by atoms with E-state index < -0.39 is 10.0 Å². The molecule has 0 spiro atoms. The van der Waals surface area contributed by atoms with Crippen LogP contribution in [0.4, 0.5) is 0 Å². The molecule has 0 aliphatic heterocycles. The van der Waals surface area contributed by atoms with Crippen molar-refractivity contribution in [1.82, 2.24) is 14.5 Å². The number of hydrogen-bond donors (Lipinski definition) is 3. The van der Waals surface area contributed by atoms with Crippen molar-refractivity contribution >= 4 is 15.9 Å². The Morgan fingerprint density at radius 3 is 2.69 bits per heavy atom. The first-order chi connectivity index (χ1) is 7.35. The van der Waals surface area contributed by atoms with Crippen LogP contribution >= 0.6 is 0 Å². The molecule has 4 N–H and O–H groups in total. The molecule has 7 nitrogen and oxygen atoms in total. The molecule has 0 saturated carbocycles.